The Morgan fingerprint density at radius 1 is 1.14 bits per heavy atom. The van der Waals surface area contributed by atoms with Gasteiger partial charge in [-0.15, -0.1) is 0 Å². The number of aromatic amines is 1. The fourth-order valence-corrected chi connectivity index (χ4v) is 4.16. The van der Waals surface area contributed by atoms with E-state index in [1.807, 2.05) is 61.8 Å². The van der Waals surface area contributed by atoms with Gasteiger partial charge in [0.25, 0.3) is 0 Å². The van der Waals surface area contributed by atoms with Crippen molar-refractivity contribution >= 4 is 11.8 Å². The minimum atomic E-state index is -0.391. The highest BCUT2D eigenvalue weighted by atomic mass is 16.5. The summed E-state index contributed by atoms with van der Waals surface area (Å²) in [4.78, 5) is 28.9. The number of carbonyl (C=O) groups excluding carboxylic acids is 2. The minimum absolute atomic E-state index is 0.110. The molecular weight excluding hydrogens is 364 g/mol. The first kappa shape index (κ1) is 19.1. The zero-order valence-electron chi connectivity index (χ0n) is 16.5. The van der Waals surface area contributed by atoms with E-state index in [9.17, 15) is 9.59 Å². The zero-order valence-corrected chi connectivity index (χ0v) is 16.5. The van der Waals surface area contributed by atoms with E-state index in [2.05, 4.69) is 10.3 Å². The number of pyridine rings is 1. The molecule has 2 aliphatic rings. The number of carbonyl (C=O) groups is 2. The predicted molar refractivity (Wildman–Crippen MR) is 109 cm³/mol. The molecule has 0 bridgehead atoms. The van der Waals surface area contributed by atoms with Crippen molar-refractivity contribution in [1.29, 1.82) is 0 Å². The summed E-state index contributed by atoms with van der Waals surface area (Å²) < 4.78 is 5.64. The van der Waals surface area contributed by atoms with Crippen LogP contribution in [0.3, 0.4) is 0 Å². The molecule has 4 rings (SSSR count). The van der Waals surface area contributed by atoms with Crippen LogP contribution in [0.2, 0.25) is 0 Å². The molecule has 2 aromatic rings. The molecule has 1 aromatic carbocycles. The Labute approximate surface area is 170 Å². The Morgan fingerprint density at radius 3 is 2.66 bits per heavy atom. The lowest BCUT2D eigenvalue weighted by Gasteiger charge is -2.33. The number of hydrogen-bond donors (Lipinski definition) is 1. The van der Waals surface area contributed by atoms with Crippen LogP contribution in [-0.2, 0) is 20.7 Å². The van der Waals surface area contributed by atoms with Gasteiger partial charge < -0.3 is 10.1 Å². The van der Waals surface area contributed by atoms with Crippen LogP contribution in [0.1, 0.15) is 43.2 Å². The molecule has 1 aliphatic heterocycles. The fourth-order valence-electron chi connectivity index (χ4n) is 4.16. The molecule has 29 heavy (non-hydrogen) atoms. The normalized spacial score (nSPS) is 18.9. The Hall–Kier alpha value is -3.21. The minimum Gasteiger partial charge on any atom is -0.462 e. The monoisotopic (exact) mass is 389 g/mol. The van der Waals surface area contributed by atoms with E-state index in [0.29, 0.717) is 30.6 Å². The number of benzene rings is 1. The maximum Gasteiger partial charge on any atom is 0.336 e. The molecule has 0 spiro atoms. The molecule has 1 aromatic heterocycles. The average Bonchev–Trinajstić information content (AvgIpc) is 2.74. The number of Topliss-reactive ketones (excluding diaryl/α,β-unsaturated/α-hetero) is 1. The third-order valence-corrected chi connectivity index (χ3v) is 5.54. The van der Waals surface area contributed by atoms with Crippen molar-refractivity contribution in [2.24, 2.45) is 0 Å². The molecule has 0 radical (unpaired) electrons. The van der Waals surface area contributed by atoms with Gasteiger partial charge >= 0.3 is 5.97 Å². The van der Waals surface area contributed by atoms with Crippen molar-refractivity contribution in [3.05, 3.63) is 88.5 Å². The largest absolute Gasteiger partial charge is 0.462 e. The SMILES string of the molecule is CC1=C(C(=O)OCCc2ccccc2)C(c2cc[nH+]cc2)C2=C(CCCC2=O)N1. The maximum atomic E-state index is 13.1. The molecule has 2 N–H and O–H groups in total. The van der Waals surface area contributed by atoms with Gasteiger partial charge in [-0.3, -0.25) is 4.79 Å². The number of H-pyrrole nitrogens is 1. The smallest absolute Gasteiger partial charge is 0.336 e. The first-order chi connectivity index (χ1) is 14.1. The van der Waals surface area contributed by atoms with Crippen LogP contribution in [-0.4, -0.2) is 18.4 Å². The number of aromatic nitrogens is 1. The summed E-state index contributed by atoms with van der Waals surface area (Å²) >= 11 is 0. The van der Waals surface area contributed by atoms with Crippen molar-refractivity contribution < 1.29 is 19.3 Å². The number of allylic oxidation sites excluding steroid dienone is 3. The Morgan fingerprint density at radius 2 is 1.90 bits per heavy atom. The molecule has 1 aliphatic carbocycles. The molecule has 2 heterocycles. The molecule has 5 nitrogen and oxygen atoms in total. The molecular formula is C24H25N2O3+. The van der Waals surface area contributed by atoms with Crippen molar-refractivity contribution in [3.63, 3.8) is 0 Å². The third-order valence-electron chi connectivity index (χ3n) is 5.54. The molecule has 0 saturated heterocycles. The van der Waals surface area contributed by atoms with Crippen LogP contribution in [0.25, 0.3) is 0 Å². The molecule has 1 unspecified atom stereocenters. The first-order valence-electron chi connectivity index (χ1n) is 10.1. The maximum absolute atomic E-state index is 13.1. The van der Waals surface area contributed by atoms with Crippen LogP contribution in [0.5, 0.6) is 0 Å². The van der Waals surface area contributed by atoms with E-state index in [0.717, 1.165) is 35.4 Å². The van der Waals surface area contributed by atoms with Gasteiger partial charge in [-0.05, 0) is 30.9 Å². The Kier molecular flexibility index (Phi) is 5.56. The summed E-state index contributed by atoms with van der Waals surface area (Å²) in [6.07, 6.45) is 6.47. The number of ether oxygens (including phenoxy) is 1. The van der Waals surface area contributed by atoms with Gasteiger partial charge in [0.2, 0.25) is 0 Å². The number of hydrogen-bond acceptors (Lipinski definition) is 4. The van der Waals surface area contributed by atoms with Crippen LogP contribution in [0.15, 0.2) is 77.4 Å². The zero-order chi connectivity index (χ0) is 20.2. The van der Waals surface area contributed by atoms with Crippen LogP contribution in [0, 0.1) is 0 Å². The number of ketones is 1. The highest BCUT2D eigenvalue weighted by Gasteiger charge is 2.39. The standard InChI is InChI=1S/C24H24N2O3/c1-16-21(24(28)29-15-12-17-6-3-2-4-7-17)22(18-10-13-25-14-11-18)23-19(26-16)8-5-9-20(23)27/h2-4,6-7,10-11,13-14,22,26H,5,8-9,12,15H2,1H3/p+1. The summed E-state index contributed by atoms with van der Waals surface area (Å²) in [5.74, 6) is -0.648. The van der Waals surface area contributed by atoms with Crippen molar-refractivity contribution in [2.75, 3.05) is 6.61 Å². The van der Waals surface area contributed by atoms with Crippen LogP contribution < -0.4 is 10.3 Å². The van der Waals surface area contributed by atoms with Crippen molar-refractivity contribution in [1.82, 2.24) is 5.32 Å². The van der Waals surface area contributed by atoms with Gasteiger partial charge in [0, 0.05) is 47.9 Å². The second kappa shape index (κ2) is 8.43. The molecule has 0 fully saturated rings. The lowest BCUT2D eigenvalue weighted by atomic mass is 9.75. The molecule has 0 amide bonds. The second-order valence-corrected chi connectivity index (χ2v) is 7.47. The number of dihydropyridines is 1. The number of esters is 1. The lowest BCUT2D eigenvalue weighted by molar-refractivity contribution is -0.378. The Balaban J connectivity index is 1.61. The molecule has 0 saturated carbocycles. The van der Waals surface area contributed by atoms with Gasteiger partial charge in [-0.1, -0.05) is 30.3 Å². The fraction of sp³-hybridized carbons (Fsp3) is 0.292. The van der Waals surface area contributed by atoms with Crippen LogP contribution >= 0.6 is 0 Å². The number of rotatable bonds is 5. The van der Waals surface area contributed by atoms with E-state index < -0.39 is 5.92 Å². The lowest BCUT2D eigenvalue weighted by Crippen LogP contribution is -2.34. The van der Waals surface area contributed by atoms with E-state index in [1.54, 1.807) is 0 Å². The van der Waals surface area contributed by atoms with Crippen molar-refractivity contribution in [3.8, 4) is 0 Å². The van der Waals surface area contributed by atoms with Gasteiger partial charge in [0.15, 0.2) is 18.2 Å². The molecule has 148 valence electrons. The quantitative estimate of drug-likeness (QED) is 0.797. The van der Waals surface area contributed by atoms with Gasteiger partial charge in [-0.2, -0.15) is 0 Å². The summed E-state index contributed by atoms with van der Waals surface area (Å²) in [7, 11) is 0. The first-order valence-corrected chi connectivity index (χ1v) is 10.1. The highest BCUT2D eigenvalue weighted by Crippen LogP contribution is 2.42. The third kappa shape index (κ3) is 3.99. The van der Waals surface area contributed by atoms with E-state index in [1.165, 1.54) is 0 Å². The molecule has 5 heteroatoms. The average molecular weight is 389 g/mol. The summed E-state index contributed by atoms with van der Waals surface area (Å²) in [5, 5.41) is 3.32. The van der Waals surface area contributed by atoms with Crippen molar-refractivity contribution in [2.45, 2.75) is 38.5 Å². The van der Waals surface area contributed by atoms with Crippen LogP contribution in [0.4, 0.5) is 0 Å². The molecule has 1 atom stereocenters. The second-order valence-electron chi connectivity index (χ2n) is 7.47. The summed E-state index contributed by atoms with van der Waals surface area (Å²) in [5.41, 5.74) is 4.98. The predicted octanol–water partition coefficient (Wildman–Crippen LogP) is 3.25. The number of nitrogens with one attached hydrogen (secondary N) is 2. The topological polar surface area (TPSA) is 69.5 Å². The summed E-state index contributed by atoms with van der Waals surface area (Å²) in [6, 6.07) is 13.8. The van der Waals surface area contributed by atoms with Gasteiger partial charge in [-0.25, -0.2) is 9.78 Å². The van der Waals surface area contributed by atoms with E-state index in [4.69, 9.17) is 4.74 Å². The Bertz CT molecular complexity index is 978. The van der Waals surface area contributed by atoms with E-state index >= 15 is 0 Å². The summed E-state index contributed by atoms with van der Waals surface area (Å²) in [6.45, 7) is 2.19. The van der Waals surface area contributed by atoms with Gasteiger partial charge in [0.05, 0.1) is 12.2 Å². The van der Waals surface area contributed by atoms with Gasteiger partial charge in [0.1, 0.15) is 0 Å². The highest BCUT2D eigenvalue weighted by molar-refractivity contribution is 6.03. The van der Waals surface area contributed by atoms with E-state index in [-0.39, 0.29) is 11.8 Å².